The van der Waals surface area contributed by atoms with Crippen LogP contribution in [-0.4, -0.2) is 18.7 Å². The van der Waals surface area contributed by atoms with Crippen LogP contribution in [0.25, 0.3) is 6.08 Å². The van der Waals surface area contributed by atoms with Gasteiger partial charge in [0.2, 0.25) is 6.79 Å². The lowest BCUT2D eigenvalue weighted by Crippen LogP contribution is -2.30. The summed E-state index contributed by atoms with van der Waals surface area (Å²) in [5, 5.41) is 3.11. The van der Waals surface area contributed by atoms with Crippen molar-refractivity contribution in [1.29, 1.82) is 0 Å². The van der Waals surface area contributed by atoms with E-state index < -0.39 is 11.9 Å². The van der Waals surface area contributed by atoms with Gasteiger partial charge in [-0.15, -0.1) is 0 Å². The second kappa shape index (κ2) is 5.58. The minimum Gasteiger partial charge on any atom is -0.454 e. The van der Waals surface area contributed by atoms with E-state index in [0.717, 1.165) is 10.5 Å². The number of carbonyl (C=O) groups excluding carboxylic acids is 2. The van der Waals surface area contributed by atoms with Crippen LogP contribution in [0.1, 0.15) is 5.56 Å². The molecule has 2 aliphatic heterocycles. The van der Waals surface area contributed by atoms with Crippen molar-refractivity contribution in [3.63, 3.8) is 0 Å². The third kappa shape index (κ3) is 2.47. The zero-order valence-corrected chi connectivity index (χ0v) is 13.0. The molecule has 2 aliphatic rings. The van der Waals surface area contributed by atoms with Gasteiger partial charge in [-0.25, -0.2) is 9.69 Å². The average Bonchev–Trinajstić information content (AvgIpc) is 3.13. The van der Waals surface area contributed by atoms with Crippen molar-refractivity contribution in [1.82, 2.24) is 5.32 Å². The van der Waals surface area contributed by atoms with E-state index in [4.69, 9.17) is 21.1 Å². The van der Waals surface area contributed by atoms with Crippen LogP contribution < -0.4 is 19.7 Å². The molecule has 0 spiro atoms. The highest BCUT2D eigenvalue weighted by Crippen LogP contribution is 2.33. The van der Waals surface area contributed by atoms with Gasteiger partial charge in [0.25, 0.3) is 5.91 Å². The Morgan fingerprint density at radius 2 is 1.79 bits per heavy atom. The van der Waals surface area contributed by atoms with Crippen LogP contribution in [-0.2, 0) is 4.79 Å². The Hall–Kier alpha value is -2.99. The van der Waals surface area contributed by atoms with Crippen LogP contribution in [0.15, 0.2) is 48.2 Å². The fraction of sp³-hybridized carbons (Fsp3) is 0.0588. The highest BCUT2D eigenvalue weighted by Gasteiger charge is 2.34. The predicted molar refractivity (Wildman–Crippen MR) is 88.0 cm³/mol. The summed E-state index contributed by atoms with van der Waals surface area (Å²) in [6.45, 7) is 0.176. The summed E-state index contributed by atoms with van der Waals surface area (Å²) in [5.74, 6) is 0.831. The molecule has 2 aromatic rings. The minimum atomic E-state index is -0.505. The number of ether oxygens (including phenoxy) is 2. The molecule has 1 saturated heterocycles. The molecular weight excluding hydrogens is 332 g/mol. The fourth-order valence-corrected chi connectivity index (χ4v) is 2.66. The maximum absolute atomic E-state index is 12.5. The third-order valence-electron chi connectivity index (χ3n) is 3.67. The number of nitrogens with zero attached hydrogens (tertiary/aromatic N) is 1. The molecule has 120 valence electrons. The van der Waals surface area contributed by atoms with Gasteiger partial charge in [0.05, 0.1) is 5.69 Å². The molecule has 4 rings (SSSR count). The molecule has 24 heavy (non-hydrogen) atoms. The van der Waals surface area contributed by atoms with Gasteiger partial charge in [-0.2, -0.15) is 0 Å². The van der Waals surface area contributed by atoms with Gasteiger partial charge in [-0.1, -0.05) is 17.7 Å². The molecule has 0 atom stereocenters. The van der Waals surface area contributed by atoms with E-state index in [1.54, 1.807) is 48.5 Å². The molecule has 0 aliphatic carbocycles. The van der Waals surface area contributed by atoms with E-state index >= 15 is 0 Å². The van der Waals surface area contributed by atoms with Crippen molar-refractivity contribution >= 4 is 35.3 Å². The lowest BCUT2D eigenvalue weighted by atomic mass is 10.1. The molecule has 6 nitrogen and oxygen atoms in total. The molecule has 0 radical (unpaired) electrons. The van der Waals surface area contributed by atoms with Gasteiger partial charge in [0.1, 0.15) is 5.70 Å². The number of hydrogen-bond acceptors (Lipinski definition) is 4. The van der Waals surface area contributed by atoms with E-state index in [1.165, 1.54) is 0 Å². The van der Waals surface area contributed by atoms with Gasteiger partial charge in [-0.05, 0) is 48.0 Å². The molecule has 1 fully saturated rings. The standard InChI is InChI=1S/C17H11ClN2O4/c18-11-2-4-12(5-3-11)20-16(21)13(19-17(20)22)7-10-1-6-14-15(8-10)24-9-23-14/h1-8H,9H2,(H,19,22). The first-order valence-electron chi connectivity index (χ1n) is 7.14. The van der Waals surface area contributed by atoms with Gasteiger partial charge in [0, 0.05) is 5.02 Å². The third-order valence-corrected chi connectivity index (χ3v) is 3.92. The maximum atomic E-state index is 12.5. The second-order valence-corrected chi connectivity index (χ2v) is 5.65. The summed E-state index contributed by atoms with van der Waals surface area (Å²) in [5.41, 5.74) is 1.37. The Kier molecular flexibility index (Phi) is 3.39. The fourth-order valence-electron chi connectivity index (χ4n) is 2.53. The van der Waals surface area contributed by atoms with Crippen molar-refractivity contribution in [2.24, 2.45) is 0 Å². The summed E-state index contributed by atoms with van der Waals surface area (Å²) in [7, 11) is 0. The van der Waals surface area contributed by atoms with Crippen LogP contribution >= 0.6 is 11.6 Å². The van der Waals surface area contributed by atoms with Crippen LogP contribution in [0.5, 0.6) is 11.5 Å². The number of fused-ring (bicyclic) bond motifs is 1. The van der Waals surface area contributed by atoms with Gasteiger partial charge in [-0.3, -0.25) is 4.79 Å². The van der Waals surface area contributed by atoms with Crippen molar-refractivity contribution in [2.45, 2.75) is 0 Å². The predicted octanol–water partition coefficient (Wildman–Crippen LogP) is 3.17. The molecule has 1 N–H and O–H groups in total. The Morgan fingerprint density at radius 1 is 1.04 bits per heavy atom. The minimum absolute atomic E-state index is 0.176. The first kappa shape index (κ1) is 14.6. The molecule has 2 aromatic carbocycles. The van der Waals surface area contributed by atoms with Crippen molar-refractivity contribution in [3.05, 3.63) is 58.7 Å². The topological polar surface area (TPSA) is 67.9 Å². The zero-order valence-electron chi connectivity index (χ0n) is 12.3. The number of carbonyl (C=O) groups is 2. The molecule has 2 heterocycles. The van der Waals surface area contributed by atoms with E-state index in [2.05, 4.69) is 5.32 Å². The van der Waals surface area contributed by atoms with Gasteiger partial charge >= 0.3 is 6.03 Å². The van der Waals surface area contributed by atoms with E-state index in [1.807, 2.05) is 0 Å². The molecule has 3 amide bonds. The summed E-state index contributed by atoms with van der Waals surface area (Å²) >= 11 is 5.84. The second-order valence-electron chi connectivity index (χ2n) is 5.22. The molecule has 0 saturated carbocycles. The first-order valence-corrected chi connectivity index (χ1v) is 7.52. The number of imide groups is 1. The van der Waals surface area contributed by atoms with Crippen LogP contribution in [0.4, 0.5) is 10.5 Å². The lowest BCUT2D eigenvalue weighted by Gasteiger charge is -2.11. The van der Waals surface area contributed by atoms with Gasteiger partial charge in [0.15, 0.2) is 11.5 Å². The number of urea groups is 1. The number of anilines is 1. The van der Waals surface area contributed by atoms with Crippen LogP contribution in [0.3, 0.4) is 0 Å². The zero-order chi connectivity index (χ0) is 16.7. The van der Waals surface area contributed by atoms with Crippen LogP contribution in [0.2, 0.25) is 5.02 Å². The molecule has 7 heteroatoms. The summed E-state index contributed by atoms with van der Waals surface area (Å²) in [6.07, 6.45) is 1.60. The van der Waals surface area contributed by atoms with Crippen LogP contribution in [0, 0.1) is 0 Å². The Bertz CT molecular complexity index is 877. The van der Waals surface area contributed by atoms with E-state index in [0.29, 0.717) is 22.2 Å². The van der Waals surface area contributed by atoms with E-state index in [-0.39, 0.29) is 12.5 Å². The summed E-state index contributed by atoms with van der Waals surface area (Å²) in [6, 6.07) is 11.3. The quantitative estimate of drug-likeness (QED) is 0.672. The maximum Gasteiger partial charge on any atom is 0.333 e. The Morgan fingerprint density at radius 3 is 2.58 bits per heavy atom. The smallest absolute Gasteiger partial charge is 0.333 e. The number of nitrogens with one attached hydrogen (secondary N) is 1. The average molecular weight is 343 g/mol. The molecule has 0 aromatic heterocycles. The van der Waals surface area contributed by atoms with Crippen molar-refractivity contribution in [3.8, 4) is 11.5 Å². The molecular formula is C17H11ClN2O4. The normalized spacial score (nSPS) is 17.5. The number of amides is 3. The van der Waals surface area contributed by atoms with Crippen molar-refractivity contribution in [2.75, 3.05) is 11.7 Å². The molecule has 0 unspecified atom stereocenters. The highest BCUT2D eigenvalue weighted by atomic mass is 35.5. The monoisotopic (exact) mass is 342 g/mol. The van der Waals surface area contributed by atoms with E-state index in [9.17, 15) is 9.59 Å². The number of rotatable bonds is 2. The first-order chi connectivity index (χ1) is 11.6. The SMILES string of the molecule is O=C1NC(=Cc2ccc3c(c2)OCO3)C(=O)N1c1ccc(Cl)cc1. The number of hydrogen-bond donors (Lipinski definition) is 1. The number of halogens is 1. The number of benzene rings is 2. The Labute approximate surface area is 142 Å². The summed E-state index contributed by atoms with van der Waals surface area (Å²) in [4.78, 5) is 25.7. The highest BCUT2D eigenvalue weighted by molar-refractivity contribution is 6.31. The lowest BCUT2D eigenvalue weighted by molar-refractivity contribution is -0.113. The Balaban J connectivity index is 1.64. The molecule has 0 bridgehead atoms. The van der Waals surface area contributed by atoms with Gasteiger partial charge < -0.3 is 14.8 Å². The van der Waals surface area contributed by atoms with Crippen molar-refractivity contribution < 1.29 is 19.1 Å². The largest absolute Gasteiger partial charge is 0.454 e. The summed E-state index contributed by atoms with van der Waals surface area (Å²) < 4.78 is 10.6.